The molecule has 0 spiro atoms. The molecule has 0 saturated heterocycles. The molecule has 0 saturated carbocycles. The Labute approximate surface area is 70.2 Å². The fourth-order valence-electron chi connectivity index (χ4n) is 1.05. The lowest BCUT2D eigenvalue weighted by Gasteiger charge is -2.17. The summed E-state index contributed by atoms with van der Waals surface area (Å²) in [7, 11) is 0. The van der Waals surface area contributed by atoms with Gasteiger partial charge in [0.25, 0.3) is 0 Å². The van der Waals surface area contributed by atoms with Crippen LogP contribution in [0.15, 0.2) is 12.3 Å². The van der Waals surface area contributed by atoms with Crippen LogP contribution in [0.2, 0.25) is 0 Å². The second kappa shape index (κ2) is 9.50. The van der Waals surface area contributed by atoms with E-state index in [1.54, 1.807) is 0 Å². The minimum atomic E-state index is 0. The Morgan fingerprint density at radius 2 is 1.55 bits per heavy atom. The first-order chi connectivity index (χ1) is 4.85. The van der Waals surface area contributed by atoms with E-state index < -0.39 is 0 Å². The molecule has 0 aliphatic heterocycles. The maximum Gasteiger partial charge on any atom is 0.0169 e. The molecule has 11 heavy (non-hydrogen) atoms. The van der Waals surface area contributed by atoms with Crippen LogP contribution in [-0.2, 0) is 0 Å². The van der Waals surface area contributed by atoms with Crippen molar-refractivity contribution in [2.45, 2.75) is 33.6 Å². The molecule has 0 aromatic rings. The van der Waals surface area contributed by atoms with E-state index in [-0.39, 0.29) is 5.48 Å². The maximum absolute atomic E-state index is 2.36. The van der Waals surface area contributed by atoms with Gasteiger partial charge in [-0.3, -0.25) is 0 Å². The predicted molar refractivity (Wildman–Crippen MR) is 50.6 cm³/mol. The molecule has 0 bridgehead atoms. The quantitative estimate of drug-likeness (QED) is 0.602. The lowest BCUT2D eigenvalue weighted by molar-refractivity contribution is 0.375. The van der Waals surface area contributed by atoms with Crippen LogP contribution in [0.4, 0.5) is 0 Å². The molecule has 0 aromatic heterocycles. The van der Waals surface area contributed by atoms with Crippen LogP contribution in [0.5, 0.6) is 0 Å². The van der Waals surface area contributed by atoms with Crippen molar-refractivity contribution in [2.24, 2.45) is 0 Å². The van der Waals surface area contributed by atoms with Crippen LogP contribution >= 0.6 is 0 Å². The SMILES string of the molecule is CC=CN(CCC)CCC.O. The van der Waals surface area contributed by atoms with Crippen LogP contribution in [0, 0.1) is 0 Å². The molecular weight excluding hydrogens is 138 g/mol. The van der Waals surface area contributed by atoms with Gasteiger partial charge in [-0.05, 0) is 26.0 Å². The highest BCUT2D eigenvalue weighted by Crippen LogP contribution is 1.94. The normalized spacial score (nSPS) is 9.73. The first kappa shape index (κ1) is 13.1. The molecule has 2 heteroatoms. The third kappa shape index (κ3) is 7.40. The first-order valence-electron chi connectivity index (χ1n) is 4.22. The van der Waals surface area contributed by atoms with E-state index in [1.165, 1.54) is 25.9 Å². The van der Waals surface area contributed by atoms with Crippen molar-refractivity contribution in [1.82, 2.24) is 4.90 Å². The second-order valence-corrected chi connectivity index (χ2v) is 2.52. The van der Waals surface area contributed by atoms with Gasteiger partial charge in [0.15, 0.2) is 0 Å². The van der Waals surface area contributed by atoms with Gasteiger partial charge in [0.05, 0.1) is 0 Å². The number of rotatable bonds is 5. The van der Waals surface area contributed by atoms with Crippen LogP contribution in [0.1, 0.15) is 33.6 Å². The van der Waals surface area contributed by atoms with E-state index >= 15 is 0 Å². The van der Waals surface area contributed by atoms with Crippen molar-refractivity contribution in [2.75, 3.05) is 13.1 Å². The summed E-state index contributed by atoms with van der Waals surface area (Å²) in [4.78, 5) is 2.36. The highest BCUT2D eigenvalue weighted by Gasteiger charge is 1.92. The smallest absolute Gasteiger partial charge is 0.0169 e. The van der Waals surface area contributed by atoms with Gasteiger partial charge >= 0.3 is 0 Å². The van der Waals surface area contributed by atoms with E-state index in [0.717, 1.165) is 0 Å². The van der Waals surface area contributed by atoms with Crippen LogP contribution in [0.3, 0.4) is 0 Å². The van der Waals surface area contributed by atoms with Gasteiger partial charge in [0.1, 0.15) is 0 Å². The predicted octanol–water partition coefficient (Wildman–Crippen LogP) is 1.82. The summed E-state index contributed by atoms with van der Waals surface area (Å²) >= 11 is 0. The summed E-state index contributed by atoms with van der Waals surface area (Å²) in [6, 6.07) is 0. The third-order valence-electron chi connectivity index (χ3n) is 1.38. The van der Waals surface area contributed by atoms with Gasteiger partial charge in [-0.15, -0.1) is 0 Å². The number of hydrogen-bond donors (Lipinski definition) is 0. The summed E-state index contributed by atoms with van der Waals surface area (Å²) in [5.41, 5.74) is 0. The van der Waals surface area contributed by atoms with Crippen LogP contribution < -0.4 is 0 Å². The summed E-state index contributed by atoms with van der Waals surface area (Å²) in [6.07, 6.45) is 6.76. The Morgan fingerprint density at radius 3 is 1.82 bits per heavy atom. The van der Waals surface area contributed by atoms with Crippen LogP contribution in [-0.4, -0.2) is 23.5 Å². The Balaban J connectivity index is 0. The average molecular weight is 159 g/mol. The van der Waals surface area contributed by atoms with Crippen molar-refractivity contribution in [3.8, 4) is 0 Å². The Hall–Kier alpha value is -0.500. The fraction of sp³-hybridized carbons (Fsp3) is 0.778. The highest BCUT2D eigenvalue weighted by atomic mass is 16.0. The van der Waals surface area contributed by atoms with Gasteiger partial charge in [-0.25, -0.2) is 0 Å². The molecule has 0 heterocycles. The monoisotopic (exact) mass is 159 g/mol. The van der Waals surface area contributed by atoms with E-state index in [1.807, 2.05) is 0 Å². The average Bonchev–Trinajstić information content (AvgIpc) is 1.90. The van der Waals surface area contributed by atoms with Crippen molar-refractivity contribution in [1.29, 1.82) is 0 Å². The zero-order valence-corrected chi connectivity index (χ0v) is 7.93. The minimum Gasteiger partial charge on any atom is -0.412 e. The molecule has 0 rings (SSSR count). The van der Waals surface area contributed by atoms with E-state index in [0.29, 0.717) is 0 Å². The molecule has 0 fully saturated rings. The lowest BCUT2D eigenvalue weighted by Crippen LogP contribution is -2.18. The van der Waals surface area contributed by atoms with E-state index in [4.69, 9.17) is 0 Å². The van der Waals surface area contributed by atoms with Crippen molar-refractivity contribution in [3.05, 3.63) is 12.3 Å². The Kier molecular flexibility index (Phi) is 11.3. The molecule has 0 atom stereocenters. The number of nitrogens with zero attached hydrogens (tertiary/aromatic N) is 1. The lowest BCUT2D eigenvalue weighted by atomic mass is 10.4. The van der Waals surface area contributed by atoms with E-state index in [9.17, 15) is 0 Å². The number of hydrogen-bond acceptors (Lipinski definition) is 1. The van der Waals surface area contributed by atoms with Crippen LogP contribution in [0.25, 0.3) is 0 Å². The van der Waals surface area contributed by atoms with Gasteiger partial charge in [-0.1, -0.05) is 19.9 Å². The molecule has 0 aliphatic rings. The standard InChI is InChI=1S/C9H19N.H2O/c1-4-7-10(8-5-2)9-6-3;/h4,7H,5-6,8-9H2,1-3H3;1H2. The Bertz CT molecular complexity index is 85.6. The minimum absolute atomic E-state index is 0. The van der Waals surface area contributed by atoms with Gasteiger partial charge in [-0.2, -0.15) is 0 Å². The van der Waals surface area contributed by atoms with E-state index in [2.05, 4.69) is 37.9 Å². The Morgan fingerprint density at radius 1 is 1.09 bits per heavy atom. The third-order valence-corrected chi connectivity index (χ3v) is 1.38. The molecular formula is C9H21NO. The first-order valence-corrected chi connectivity index (χ1v) is 4.22. The summed E-state index contributed by atoms with van der Waals surface area (Å²) < 4.78 is 0. The fourth-order valence-corrected chi connectivity index (χ4v) is 1.05. The number of allylic oxidation sites excluding steroid dienone is 1. The molecule has 0 unspecified atom stereocenters. The van der Waals surface area contributed by atoms with Gasteiger partial charge in [0, 0.05) is 13.1 Å². The molecule has 0 aliphatic carbocycles. The molecule has 2 nitrogen and oxygen atoms in total. The zero-order valence-electron chi connectivity index (χ0n) is 7.93. The summed E-state index contributed by atoms with van der Waals surface area (Å²) in [5.74, 6) is 0. The zero-order chi connectivity index (χ0) is 7.82. The molecule has 0 aromatic carbocycles. The molecule has 0 radical (unpaired) electrons. The molecule has 2 N–H and O–H groups in total. The van der Waals surface area contributed by atoms with Crippen molar-refractivity contribution in [3.63, 3.8) is 0 Å². The van der Waals surface area contributed by atoms with Crippen molar-refractivity contribution < 1.29 is 5.48 Å². The van der Waals surface area contributed by atoms with Crippen molar-refractivity contribution >= 4 is 0 Å². The van der Waals surface area contributed by atoms with Gasteiger partial charge < -0.3 is 10.4 Å². The second-order valence-electron chi connectivity index (χ2n) is 2.52. The maximum atomic E-state index is 2.36. The highest BCUT2D eigenvalue weighted by molar-refractivity contribution is 4.77. The summed E-state index contributed by atoms with van der Waals surface area (Å²) in [6.45, 7) is 8.88. The molecule has 0 amide bonds. The van der Waals surface area contributed by atoms with Gasteiger partial charge in [0.2, 0.25) is 0 Å². The summed E-state index contributed by atoms with van der Waals surface area (Å²) in [5, 5.41) is 0. The molecule has 68 valence electrons. The largest absolute Gasteiger partial charge is 0.412 e. The topological polar surface area (TPSA) is 34.7 Å².